The molecule has 31 heavy (non-hydrogen) atoms. The number of aryl methyl sites for hydroxylation is 1. The lowest BCUT2D eigenvalue weighted by atomic mass is 10.1. The molecule has 164 valence electrons. The first kappa shape index (κ1) is 21.7. The minimum atomic E-state index is -0.243. The van der Waals surface area contributed by atoms with Crippen LogP contribution in [0.5, 0.6) is 0 Å². The van der Waals surface area contributed by atoms with Crippen LogP contribution >= 0.6 is 0 Å². The quantitative estimate of drug-likeness (QED) is 0.573. The molecule has 4 rings (SSSR count). The monoisotopic (exact) mass is 422 g/mol. The normalized spacial score (nSPS) is 17.8. The predicted molar refractivity (Wildman–Crippen MR) is 121 cm³/mol. The van der Waals surface area contributed by atoms with Gasteiger partial charge in [-0.2, -0.15) is 5.10 Å². The van der Waals surface area contributed by atoms with Gasteiger partial charge in [0.1, 0.15) is 5.82 Å². The van der Waals surface area contributed by atoms with Gasteiger partial charge < -0.3 is 5.11 Å². The molecule has 1 aliphatic heterocycles. The number of aliphatic hydroxyl groups is 1. The van der Waals surface area contributed by atoms with Crippen molar-refractivity contribution in [2.45, 2.75) is 31.8 Å². The Morgan fingerprint density at radius 1 is 1.00 bits per heavy atom. The molecule has 1 aromatic heterocycles. The average Bonchev–Trinajstić information content (AvgIpc) is 3.25. The maximum atomic E-state index is 13.2. The smallest absolute Gasteiger partial charge is 0.123 e. The minimum absolute atomic E-state index is 0.218. The Morgan fingerprint density at radius 3 is 2.58 bits per heavy atom. The molecule has 3 aromatic rings. The van der Waals surface area contributed by atoms with Crippen LogP contribution in [0, 0.1) is 5.82 Å². The summed E-state index contributed by atoms with van der Waals surface area (Å²) in [5, 5.41) is 14.0. The molecule has 0 spiro atoms. The third-order valence-corrected chi connectivity index (χ3v) is 6.04. The second kappa shape index (κ2) is 10.7. The molecule has 0 radical (unpaired) electrons. The minimum Gasteiger partial charge on any atom is -0.396 e. The van der Waals surface area contributed by atoms with Crippen LogP contribution in [0.2, 0.25) is 0 Å². The Balaban J connectivity index is 1.30. The van der Waals surface area contributed by atoms with E-state index < -0.39 is 0 Å². The van der Waals surface area contributed by atoms with E-state index in [2.05, 4.69) is 45.2 Å². The van der Waals surface area contributed by atoms with Crippen molar-refractivity contribution in [1.29, 1.82) is 0 Å². The van der Waals surface area contributed by atoms with Crippen molar-refractivity contribution in [3.05, 3.63) is 83.9 Å². The van der Waals surface area contributed by atoms with Crippen molar-refractivity contribution in [1.82, 2.24) is 19.6 Å². The van der Waals surface area contributed by atoms with Crippen molar-refractivity contribution in [2.75, 3.05) is 32.8 Å². The molecule has 1 fully saturated rings. The molecule has 2 aromatic carbocycles. The van der Waals surface area contributed by atoms with E-state index in [1.165, 1.54) is 17.7 Å². The summed E-state index contributed by atoms with van der Waals surface area (Å²) < 4.78 is 14.9. The molecule has 1 aliphatic rings. The van der Waals surface area contributed by atoms with E-state index in [-0.39, 0.29) is 12.4 Å². The standard InChI is InChI=1S/C25H31FN4O/c26-23-8-10-24(11-9-23)30-19-22(17-27-30)18-28-14-15-29(25(20-28)12-16-31)13-4-7-21-5-2-1-3-6-21/h1-3,5-6,8-11,17,19,25,31H,4,7,12-16,18,20H2. The number of aliphatic hydroxyl groups excluding tert-OH is 1. The Bertz CT molecular complexity index is 928. The van der Waals surface area contributed by atoms with Gasteiger partial charge in [-0.05, 0) is 55.6 Å². The van der Waals surface area contributed by atoms with Crippen LogP contribution in [0.4, 0.5) is 4.39 Å². The lowest BCUT2D eigenvalue weighted by Gasteiger charge is -2.41. The first-order valence-corrected chi connectivity index (χ1v) is 11.1. The topological polar surface area (TPSA) is 44.5 Å². The summed E-state index contributed by atoms with van der Waals surface area (Å²) in [7, 11) is 0. The van der Waals surface area contributed by atoms with Gasteiger partial charge >= 0.3 is 0 Å². The molecule has 1 N–H and O–H groups in total. The van der Waals surface area contributed by atoms with Gasteiger partial charge in [0.25, 0.3) is 0 Å². The molecule has 0 amide bonds. The number of halogens is 1. The van der Waals surface area contributed by atoms with Crippen molar-refractivity contribution in [3.63, 3.8) is 0 Å². The van der Waals surface area contributed by atoms with E-state index in [1.807, 2.05) is 12.4 Å². The summed E-state index contributed by atoms with van der Waals surface area (Å²) in [5.74, 6) is -0.243. The molecule has 2 heterocycles. The maximum absolute atomic E-state index is 13.2. The molecule has 0 aliphatic carbocycles. The third-order valence-electron chi connectivity index (χ3n) is 6.04. The van der Waals surface area contributed by atoms with Gasteiger partial charge in [0, 0.05) is 50.6 Å². The van der Waals surface area contributed by atoms with Crippen LogP contribution in [0.1, 0.15) is 24.0 Å². The number of hydrogen-bond acceptors (Lipinski definition) is 4. The molecule has 1 unspecified atom stereocenters. The number of rotatable bonds is 9. The third kappa shape index (κ3) is 6.00. The van der Waals surface area contributed by atoms with E-state index >= 15 is 0 Å². The van der Waals surface area contributed by atoms with Gasteiger partial charge in [0.05, 0.1) is 11.9 Å². The van der Waals surface area contributed by atoms with E-state index in [9.17, 15) is 9.50 Å². The average molecular weight is 423 g/mol. The Morgan fingerprint density at radius 2 is 1.81 bits per heavy atom. The first-order chi connectivity index (χ1) is 15.2. The van der Waals surface area contributed by atoms with Crippen LogP contribution in [-0.4, -0.2) is 63.5 Å². The molecule has 5 nitrogen and oxygen atoms in total. The van der Waals surface area contributed by atoms with E-state index in [4.69, 9.17) is 0 Å². The zero-order valence-corrected chi connectivity index (χ0v) is 17.9. The van der Waals surface area contributed by atoms with Gasteiger partial charge in [-0.3, -0.25) is 9.80 Å². The van der Waals surface area contributed by atoms with E-state index in [0.29, 0.717) is 6.04 Å². The Kier molecular flexibility index (Phi) is 7.46. The highest BCUT2D eigenvalue weighted by Crippen LogP contribution is 2.17. The van der Waals surface area contributed by atoms with Crippen molar-refractivity contribution in [2.24, 2.45) is 0 Å². The fourth-order valence-corrected chi connectivity index (χ4v) is 4.38. The Hall–Kier alpha value is -2.54. The highest BCUT2D eigenvalue weighted by atomic mass is 19.1. The van der Waals surface area contributed by atoms with Crippen LogP contribution in [-0.2, 0) is 13.0 Å². The van der Waals surface area contributed by atoms with Crippen LogP contribution in [0.3, 0.4) is 0 Å². The molecule has 1 atom stereocenters. The van der Waals surface area contributed by atoms with Gasteiger partial charge in [-0.1, -0.05) is 30.3 Å². The van der Waals surface area contributed by atoms with Gasteiger partial charge in [-0.25, -0.2) is 9.07 Å². The summed E-state index contributed by atoms with van der Waals surface area (Å²) in [5.41, 5.74) is 3.39. The van der Waals surface area contributed by atoms with Crippen molar-refractivity contribution in [3.8, 4) is 5.69 Å². The maximum Gasteiger partial charge on any atom is 0.123 e. The SMILES string of the molecule is OCCC1CN(Cc2cnn(-c3ccc(F)cc3)c2)CCN1CCCc1ccccc1. The number of benzene rings is 2. The molecular formula is C25H31FN4O. The zero-order chi connectivity index (χ0) is 21.5. The van der Waals surface area contributed by atoms with Crippen molar-refractivity contribution < 1.29 is 9.50 Å². The van der Waals surface area contributed by atoms with Gasteiger partial charge in [0.15, 0.2) is 0 Å². The summed E-state index contributed by atoms with van der Waals surface area (Å²) in [4.78, 5) is 4.98. The zero-order valence-electron chi connectivity index (χ0n) is 17.9. The highest BCUT2D eigenvalue weighted by Gasteiger charge is 2.26. The fourth-order valence-electron chi connectivity index (χ4n) is 4.38. The molecule has 6 heteroatoms. The fraction of sp³-hybridized carbons (Fsp3) is 0.400. The highest BCUT2D eigenvalue weighted by molar-refractivity contribution is 5.31. The van der Waals surface area contributed by atoms with Crippen LogP contribution < -0.4 is 0 Å². The van der Waals surface area contributed by atoms with Gasteiger partial charge in [0.2, 0.25) is 0 Å². The second-order valence-electron chi connectivity index (χ2n) is 8.30. The lowest BCUT2D eigenvalue weighted by molar-refractivity contribution is 0.0547. The summed E-state index contributed by atoms with van der Waals surface area (Å²) in [6.45, 7) is 5.10. The molecule has 0 saturated carbocycles. The van der Waals surface area contributed by atoms with E-state index in [0.717, 1.165) is 63.2 Å². The van der Waals surface area contributed by atoms with Crippen LogP contribution in [0.15, 0.2) is 67.0 Å². The number of aromatic nitrogens is 2. The number of nitrogens with zero attached hydrogens (tertiary/aromatic N) is 4. The van der Waals surface area contributed by atoms with Gasteiger partial charge in [-0.15, -0.1) is 0 Å². The number of piperazine rings is 1. The second-order valence-corrected chi connectivity index (χ2v) is 8.30. The van der Waals surface area contributed by atoms with E-state index in [1.54, 1.807) is 16.8 Å². The largest absolute Gasteiger partial charge is 0.396 e. The summed E-state index contributed by atoms with van der Waals surface area (Å²) in [6, 6.07) is 17.4. The summed E-state index contributed by atoms with van der Waals surface area (Å²) >= 11 is 0. The first-order valence-electron chi connectivity index (χ1n) is 11.1. The lowest BCUT2D eigenvalue weighted by Crippen LogP contribution is -2.53. The number of hydrogen-bond donors (Lipinski definition) is 1. The molecule has 1 saturated heterocycles. The van der Waals surface area contributed by atoms with Crippen molar-refractivity contribution >= 4 is 0 Å². The summed E-state index contributed by atoms with van der Waals surface area (Å²) in [6.07, 6.45) is 6.93. The molecule has 0 bridgehead atoms. The molecular weight excluding hydrogens is 391 g/mol. The predicted octanol–water partition coefficient (Wildman–Crippen LogP) is 3.51. The van der Waals surface area contributed by atoms with Crippen LogP contribution in [0.25, 0.3) is 5.69 Å². The Labute approximate surface area is 183 Å².